The highest BCUT2D eigenvalue weighted by Crippen LogP contribution is 2.35. The summed E-state index contributed by atoms with van der Waals surface area (Å²) >= 11 is 0. The Labute approximate surface area is 185 Å². The molecule has 0 spiro atoms. The summed E-state index contributed by atoms with van der Waals surface area (Å²) in [5.41, 5.74) is 14.8. The smallest absolute Gasteiger partial charge is 0.222 e. The van der Waals surface area contributed by atoms with Gasteiger partial charge in [-0.2, -0.15) is 10.2 Å². The van der Waals surface area contributed by atoms with Gasteiger partial charge in [0.2, 0.25) is 5.95 Å². The van der Waals surface area contributed by atoms with Gasteiger partial charge in [0.1, 0.15) is 30.7 Å². The second-order valence-corrected chi connectivity index (χ2v) is 7.01. The molecule has 0 fully saturated rings. The van der Waals surface area contributed by atoms with Crippen molar-refractivity contribution in [2.45, 2.75) is 13.2 Å². The van der Waals surface area contributed by atoms with Crippen LogP contribution < -0.4 is 20.9 Å². The number of nitriles is 1. The van der Waals surface area contributed by atoms with Crippen molar-refractivity contribution >= 4 is 11.8 Å². The summed E-state index contributed by atoms with van der Waals surface area (Å²) in [6.45, 7) is 0.740. The fraction of sp³-hybridized carbons (Fsp3) is 0.0800. The van der Waals surface area contributed by atoms with Gasteiger partial charge in [0, 0.05) is 5.56 Å². The van der Waals surface area contributed by atoms with E-state index >= 15 is 0 Å². The highest BCUT2D eigenvalue weighted by molar-refractivity contribution is 5.74. The average Bonchev–Trinajstić information content (AvgIpc) is 2.82. The standard InChI is InChI=1S/C25H21N5O2/c26-14-20-23(29-25(28)30-24(20)27)19-11-12-21(31-15-17-7-3-1-4-8-17)22(13-19)32-16-18-9-5-2-6-10-18/h1-13H,15-16H2,(H4,27,28,29,30). The first-order valence-corrected chi connectivity index (χ1v) is 9.95. The van der Waals surface area contributed by atoms with E-state index in [4.69, 9.17) is 20.9 Å². The van der Waals surface area contributed by atoms with Crippen LogP contribution in [0.4, 0.5) is 11.8 Å². The van der Waals surface area contributed by atoms with Crippen LogP contribution in [0.1, 0.15) is 16.7 Å². The Bertz CT molecular complexity index is 1250. The molecule has 0 saturated heterocycles. The van der Waals surface area contributed by atoms with Crippen LogP contribution in [-0.4, -0.2) is 9.97 Å². The minimum atomic E-state index is -0.00680. The average molecular weight is 423 g/mol. The first kappa shape index (κ1) is 20.7. The maximum Gasteiger partial charge on any atom is 0.222 e. The monoisotopic (exact) mass is 423 g/mol. The molecule has 0 radical (unpaired) electrons. The third-order valence-corrected chi connectivity index (χ3v) is 4.76. The molecule has 1 heterocycles. The number of anilines is 2. The predicted octanol–water partition coefficient (Wildman–Crippen LogP) is 4.34. The highest BCUT2D eigenvalue weighted by Gasteiger charge is 2.16. The van der Waals surface area contributed by atoms with Crippen molar-refractivity contribution in [1.82, 2.24) is 9.97 Å². The van der Waals surface area contributed by atoms with E-state index in [1.165, 1.54) is 0 Å². The molecule has 4 rings (SSSR count). The lowest BCUT2D eigenvalue weighted by Crippen LogP contribution is -2.05. The van der Waals surface area contributed by atoms with Crippen molar-refractivity contribution in [3.8, 4) is 28.8 Å². The molecule has 0 amide bonds. The van der Waals surface area contributed by atoms with Crippen LogP contribution in [0.25, 0.3) is 11.3 Å². The van der Waals surface area contributed by atoms with Gasteiger partial charge in [-0.1, -0.05) is 60.7 Å². The third-order valence-electron chi connectivity index (χ3n) is 4.76. The van der Waals surface area contributed by atoms with Crippen LogP contribution in [0.2, 0.25) is 0 Å². The molecule has 0 saturated carbocycles. The Morgan fingerprint density at radius 3 is 1.94 bits per heavy atom. The summed E-state index contributed by atoms with van der Waals surface area (Å²) in [4.78, 5) is 8.10. The van der Waals surface area contributed by atoms with Crippen LogP contribution in [0.3, 0.4) is 0 Å². The maximum atomic E-state index is 9.53. The quantitative estimate of drug-likeness (QED) is 0.454. The van der Waals surface area contributed by atoms with Crippen LogP contribution in [-0.2, 0) is 13.2 Å². The SMILES string of the molecule is N#Cc1c(N)nc(N)nc1-c1ccc(OCc2ccccc2)c(OCc2ccccc2)c1. The van der Waals surface area contributed by atoms with E-state index in [9.17, 15) is 5.26 Å². The molecule has 3 aromatic carbocycles. The summed E-state index contributed by atoms with van der Waals surface area (Å²) in [6, 6.07) is 27.1. The van der Waals surface area contributed by atoms with Gasteiger partial charge in [0.05, 0.1) is 5.69 Å². The molecule has 4 aromatic rings. The van der Waals surface area contributed by atoms with Crippen molar-refractivity contribution in [2.75, 3.05) is 11.5 Å². The number of nitrogens with two attached hydrogens (primary N) is 2. The van der Waals surface area contributed by atoms with E-state index in [1.807, 2.05) is 60.7 Å². The number of ether oxygens (including phenoxy) is 2. The molecular formula is C25H21N5O2. The normalized spacial score (nSPS) is 10.3. The minimum Gasteiger partial charge on any atom is -0.485 e. The summed E-state index contributed by atoms with van der Waals surface area (Å²) in [7, 11) is 0. The van der Waals surface area contributed by atoms with Gasteiger partial charge in [0.15, 0.2) is 11.5 Å². The van der Waals surface area contributed by atoms with Crippen molar-refractivity contribution in [3.05, 3.63) is 95.6 Å². The van der Waals surface area contributed by atoms with Crippen LogP contribution in [0, 0.1) is 11.3 Å². The number of hydrogen-bond acceptors (Lipinski definition) is 7. The molecule has 0 aliphatic carbocycles. The van der Waals surface area contributed by atoms with Gasteiger partial charge in [-0.25, -0.2) is 4.98 Å². The van der Waals surface area contributed by atoms with E-state index in [2.05, 4.69) is 16.0 Å². The van der Waals surface area contributed by atoms with Crippen molar-refractivity contribution in [3.63, 3.8) is 0 Å². The topological polar surface area (TPSA) is 120 Å². The van der Waals surface area contributed by atoms with Gasteiger partial charge in [-0.15, -0.1) is 0 Å². The molecular weight excluding hydrogens is 402 g/mol. The molecule has 4 N–H and O–H groups in total. The van der Waals surface area contributed by atoms with Gasteiger partial charge in [-0.3, -0.25) is 0 Å². The summed E-state index contributed by atoms with van der Waals surface area (Å²) in [6.07, 6.45) is 0. The molecule has 0 aliphatic heterocycles. The number of nitrogen functional groups attached to an aromatic ring is 2. The van der Waals surface area contributed by atoms with Gasteiger partial charge in [0.25, 0.3) is 0 Å². The Morgan fingerprint density at radius 2 is 1.34 bits per heavy atom. The Balaban J connectivity index is 1.68. The van der Waals surface area contributed by atoms with Gasteiger partial charge in [-0.05, 0) is 29.3 Å². The van der Waals surface area contributed by atoms with E-state index < -0.39 is 0 Å². The molecule has 7 nitrogen and oxygen atoms in total. The lowest BCUT2D eigenvalue weighted by Gasteiger charge is -2.15. The fourth-order valence-corrected chi connectivity index (χ4v) is 3.17. The molecule has 0 bridgehead atoms. The van der Waals surface area contributed by atoms with Crippen LogP contribution >= 0.6 is 0 Å². The fourth-order valence-electron chi connectivity index (χ4n) is 3.17. The lowest BCUT2D eigenvalue weighted by molar-refractivity contribution is 0.256. The van der Waals surface area contributed by atoms with E-state index in [-0.39, 0.29) is 17.3 Å². The highest BCUT2D eigenvalue weighted by atomic mass is 16.5. The molecule has 0 unspecified atom stereocenters. The first-order chi connectivity index (χ1) is 15.6. The van der Waals surface area contributed by atoms with Crippen LogP contribution in [0.5, 0.6) is 11.5 Å². The number of rotatable bonds is 7. The lowest BCUT2D eigenvalue weighted by atomic mass is 10.1. The second-order valence-electron chi connectivity index (χ2n) is 7.01. The molecule has 0 atom stereocenters. The zero-order chi connectivity index (χ0) is 22.3. The van der Waals surface area contributed by atoms with Crippen LogP contribution in [0.15, 0.2) is 78.9 Å². The molecule has 1 aromatic heterocycles. The molecule has 32 heavy (non-hydrogen) atoms. The second kappa shape index (κ2) is 9.49. The number of nitrogens with zero attached hydrogens (tertiary/aromatic N) is 3. The summed E-state index contributed by atoms with van der Waals surface area (Å²) in [5.74, 6) is 1.11. The Morgan fingerprint density at radius 1 is 0.750 bits per heavy atom. The Kier molecular flexibility index (Phi) is 6.14. The largest absolute Gasteiger partial charge is 0.485 e. The number of hydrogen-bond donors (Lipinski definition) is 2. The Hall–Kier alpha value is -4.57. The summed E-state index contributed by atoms with van der Waals surface area (Å²) in [5, 5.41) is 9.53. The molecule has 158 valence electrons. The summed E-state index contributed by atoms with van der Waals surface area (Å²) < 4.78 is 12.1. The number of benzene rings is 3. The minimum absolute atomic E-state index is 0.00680. The third kappa shape index (κ3) is 4.77. The van der Waals surface area contributed by atoms with E-state index in [0.717, 1.165) is 11.1 Å². The van der Waals surface area contributed by atoms with Gasteiger partial charge < -0.3 is 20.9 Å². The van der Waals surface area contributed by atoms with E-state index in [1.54, 1.807) is 18.2 Å². The van der Waals surface area contributed by atoms with E-state index in [0.29, 0.717) is 36.0 Å². The van der Waals surface area contributed by atoms with Crippen molar-refractivity contribution in [2.24, 2.45) is 0 Å². The molecule has 7 heteroatoms. The zero-order valence-corrected chi connectivity index (χ0v) is 17.2. The first-order valence-electron chi connectivity index (χ1n) is 9.95. The maximum absolute atomic E-state index is 9.53. The number of aromatic nitrogens is 2. The van der Waals surface area contributed by atoms with Crippen molar-refractivity contribution in [1.29, 1.82) is 5.26 Å². The zero-order valence-electron chi connectivity index (χ0n) is 17.2. The van der Waals surface area contributed by atoms with Gasteiger partial charge >= 0.3 is 0 Å². The predicted molar refractivity (Wildman–Crippen MR) is 123 cm³/mol. The molecule has 0 aliphatic rings. The van der Waals surface area contributed by atoms with Crippen molar-refractivity contribution < 1.29 is 9.47 Å².